The van der Waals surface area contributed by atoms with Gasteiger partial charge in [0, 0.05) is 17.5 Å². The molecule has 1 aromatic carbocycles. The summed E-state index contributed by atoms with van der Waals surface area (Å²) in [4.78, 5) is 15.4. The Labute approximate surface area is 122 Å². The van der Waals surface area contributed by atoms with E-state index >= 15 is 0 Å². The number of benzene rings is 1. The van der Waals surface area contributed by atoms with Crippen LogP contribution < -0.4 is 4.74 Å². The quantitative estimate of drug-likeness (QED) is 0.767. The summed E-state index contributed by atoms with van der Waals surface area (Å²) in [6.07, 6.45) is 1.08. The summed E-state index contributed by atoms with van der Waals surface area (Å²) in [5.41, 5.74) is 2.11. The number of hydrogen-bond donors (Lipinski definition) is 0. The SMILES string of the molecule is COC(=O)CCc1ccc(OCc2nc(C)cs2)cc1. The van der Waals surface area contributed by atoms with Crippen molar-refractivity contribution in [3.63, 3.8) is 0 Å². The van der Waals surface area contributed by atoms with Gasteiger partial charge in [0.15, 0.2) is 0 Å². The summed E-state index contributed by atoms with van der Waals surface area (Å²) in [6, 6.07) is 7.75. The Kier molecular flexibility index (Phi) is 5.12. The Bertz CT molecular complexity index is 563. The normalized spacial score (nSPS) is 10.3. The van der Waals surface area contributed by atoms with Gasteiger partial charge in [-0.05, 0) is 31.0 Å². The van der Waals surface area contributed by atoms with Crippen LogP contribution in [0.25, 0.3) is 0 Å². The smallest absolute Gasteiger partial charge is 0.305 e. The summed E-state index contributed by atoms with van der Waals surface area (Å²) in [5, 5.41) is 2.98. The summed E-state index contributed by atoms with van der Waals surface area (Å²) >= 11 is 1.60. The Balaban J connectivity index is 1.83. The standard InChI is InChI=1S/C15H17NO3S/c1-11-10-20-14(16-11)9-19-13-6-3-12(4-7-13)5-8-15(17)18-2/h3-4,6-7,10H,5,8-9H2,1-2H3. The number of thiazole rings is 1. The summed E-state index contributed by atoms with van der Waals surface area (Å²) in [5.74, 6) is 0.615. The van der Waals surface area contributed by atoms with Gasteiger partial charge in [0.1, 0.15) is 17.4 Å². The van der Waals surface area contributed by atoms with Crippen LogP contribution in [-0.2, 0) is 22.6 Å². The molecule has 1 heterocycles. The fourth-order valence-corrected chi connectivity index (χ4v) is 2.40. The van der Waals surface area contributed by atoms with Crippen molar-refractivity contribution in [2.75, 3.05) is 7.11 Å². The van der Waals surface area contributed by atoms with Crippen LogP contribution >= 0.6 is 11.3 Å². The monoisotopic (exact) mass is 291 g/mol. The summed E-state index contributed by atoms with van der Waals surface area (Å²) < 4.78 is 10.3. The maximum Gasteiger partial charge on any atom is 0.305 e. The highest BCUT2D eigenvalue weighted by atomic mass is 32.1. The van der Waals surface area contributed by atoms with Gasteiger partial charge in [0.05, 0.1) is 7.11 Å². The lowest BCUT2D eigenvalue weighted by Gasteiger charge is -2.05. The average molecular weight is 291 g/mol. The Hall–Kier alpha value is -1.88. The first-order valence-electron chi connectivity index (χ1n) is 6.37. The molecule has 0 unspecified atom stereocenters. The van der Waals surface area contributed by atoms with Crippen LogP contribution in [0.3, 0.4) is 0 Å². The predicted molar refractivity (Wildman–Crippen MR) is 78.0 cm³/mol. The molecule has 5 heteroatoms. The van der Waals surface area contributed by atoms with Crippen molar-refractivity contribution >= 4 is 17.3 Å². The molecular formula is C15H17NO3S. The van der Waals surface area contributed by atoms with Crippen LogP contribution in [0.1, 0.15) is 22.7 Å². The molecule has 0 N–H and O–H groups in total. The third kappa shape index (κ3) is 4.35. The molecule has 4 nitrogen and oxygen atoms in total. The lowest BCUT2D eigenvalue weighted by Crippen LogP contribution is -2.01. The number of carbonyl (C=O) groups excluding carboxylic acids is 1. The van der Waals surface area contributed by atoms with E-state index in [4.69, 9.17) is 4.74 Å². The molecule has 0 aliphatic heterocycles. The first-order valence-corrected chi connectivity index (χ1v) is 7.25. The number of hydrogen-bond acceptors (Lipinski definition) is 5. The second-order valence-electron chi connectivity index (χ2n) is 4.39. The predicted octanol–water partition coefficient (Wildman–Crippen LogP) is 3.14. The first-order chi connectivity index (χ1) is 9.67. The maximum absolute atomic E-state index is 11.1. The van der Waals surface area contributed by atoms with E-state index in [1.807, 2.05) is 36.6 Å². The molecule has 106 valence electrons. The van der Waals surface area contributed by atoms with Gasteiger partial charge in [-0.2, -0.15) is 0 Å². The van der Waals surface area contributed by atoms with Crippen molar-refractivity contribution < 1.29 is 14.3 Å². The molecule has 2 rings (SSSR count). The second-order valence-corrected chi connectivity index (χ2v) is 5.33. The van der Waals surface area contributed by atoms with E-state index in [2.05, 4.69) is 9.72 Å². The zero-order chi connectivity index (χ0) is 14.4. The minimum Gasteiger partial charge on any atom is -0.486 e. The Morgan fingerprint density at radius 1 is 1.30 bits per heavy atom. The molecule has 0 amide bonds. The van der Waals surface area contributed by atoms with Crippen LogP contribution in [0, 0.1) is 6.92 Å². The van der Waals surface area contributed by atoms with Gasteiger partial charge in [0.2, 0.25) is 0 Å². The summed E-state index contributed by atoms with van der Waals surface area (Å²) in [7, 11) is 1.40. The van der Waals surface area contributed by atoms with Gasteiger partial charge in [0.25, 0.3) is 0 Å². The first kappa shape index (κ1) is 14.5. The molecule has 0 spiro atoms. The molecule has 2 aromatic rings. The van der Waals surface area contributed by atoms with Gasteiger partial charge in [-0.25, -0.2) is 4.98 Å². The highest BCUT2D eigenvalue weighted by Crippen LogP contribution is 2.16. The van der Waals surface area contributed by atoms with Crippen LogP contribution in [0.4, 0.5) is 0 Å². The minimum absolute atomic E-state index is 0.190. The van der Waals surface area contributed by atoms with E-state index < -0.39 is 0 Å². The average Bonchev–Trinajstić information content (AvgIpc) is 2.89. The minimum atomic E-state index is -0.190. The topological polar surface area (TPSA) is 48.4 Å². The molecule has 0 fully saturated rings. The van der Waals surface area contributed by atoms with Crippen molar-refractivity contribution in [2.45, 2.75) is 26.4 Å². The Morgan fingerprint density at radius 2 is 2.05 bits per heavy atom. The molecule has 0 saturated heterocycles. The highest BCUT2D eigenvalue weighted by Gasteiger charge is 2.03. The van der Waals surface area contributed by atoms with E-state index in [0.717, 1.165) is 22.0 Å². The molecule has 0 radical (unpaired) electrons. The number of carbonyl (C=O) groups is 1. The number of esters is 1. The van der Waals surface area contributed by atoms with E-state index in [0.29, 0.717) is 19.4 Å². The molecule has 0 atom stereocenters. The fraction of sp³-hybridized carbons (Fsp3) is 0.333. The van der Waals surface area contributed by atoms with Gasteiger partial charge in [-0.1, -0.05) is 12.1 Å². The number of nitrogens with zero attached hydrogens (tertiary/aromatic N) is 1. The van der Waals surface area contributed by atoms with Crippen LogP contribution in [0.2, 0.25) is 0 Å². The van der Waals surface area contributed by atoms with Crippen LogP contribution in [0.5, 0.6) is 5.75 Å². The van der Waals surface area contributed by atoms with Crippen molar-refractivity contribution in [3.8, 4) is 5.75 Å². The van der Waals surface area contributed by atoms with Gasteiger partial charge in [-0.15, -0.1) is 11.3 Å². The Morgan fingerprint density at radius 3 is 2.65 bits per heavy atom. The maximum atomic E-state index is 11.1. The van der Waals surface area contributed by atoms with E-state index in [9.17, 15) is 4.79 Å². The van der Waals surface area contributed by atoms with Crippen molar-refractivity contribution in [1.82, 2.24) is 4.98 Å². The molecule has 20 heavy (non-hydrogen) atoms. The molecule has 0 aliphatic carbocycles. The highest BCUT2D eigenvalue weighted by molar-refractivity contribution is 7.09. The number of rotatable bonds is 6. The molecule has 1 aromatic heterocycles. The van der Waals surface area contributed by atoms with E-state index in [-0.39, 0.29) is 5.97 Å². The number of aryl methyl sites for hydroxylation is 2. The largest absolute Gasteiger partial charge is 0.486 e. The van der Waals surface area contributed by atoms with Crippen molar-refractivity contribution in [1.29, 1.82) is 0 Å². The molecular weight excluding hydrogens is 274 g/mol. The van der Waals surface area contributed by atoms with Crippen LogP contribution in [0.15, 0.2) is 29.6 Å². The zero-order valence-electron chi connectivity index (χ0n) is 11.6. The number of methoxy groups -OCH3 is 1. The lowest BCUT2D eigenvalue weighted by atomic mass is 10.1. The van der Waals surface area contributed by atoms with Gasteiger partial charge >= 0.3 is 5.97 Å². The van der Waals surface area contributed by atoms with Gasteiger partial charge in [-0.3, -0.25) is 4.79 Å². The van der Waals surface area contributed by atoms with Gasteiger partial charge < -0.3 is 9.47 Å². The fourth-order valence-electron chi connectivity index (χ4n) is 1.71. The lowest BCUT2D eigenvalue weighted by molar-refractivity contribution is -0.140. The van der Waals surface area contributed by atoms with E-state index in [1.165, 1.54) is 7.11 Å². The van der Waals surface area contributed by atoms with Crippen LogP contribution in [-0.4, -0.2) is 18.1 Å². The third-order valence-corrected chi connectivity index (χ3v) is 3.74. The summed E-state index contributed by atoms with van der Waals surface area (Å²) in [6.45, 7) is 2.45. The second kappa shape index (κ2) is 7.05. The zero-order valence-corrected chi connectivity index (χ0v) is 12.4. The van der Waals surface area contributed by atoms with Crippen molar-refractivity contribution in [3.05, 3.63) is 45.9 Å². The molecule has 0 aliphatic rings. The van der Waals surface area contributed by atoms with Crippen molar-refractivity contribution in [2.24, 2.45) is 0 Å². The molecule has 0 bridgehead atoms. The number of ether oxygens (including phenoxy) is 2. The molecule has 0 saturated carbocycles. The number of aromatic nitrogens is 1. The third-order valence-electron chi connectivity index (χ3n) is 2.80. The van der Waals surface area contributed by atoms with E-state index in [1.54, 1.807) is 11.3 Å².